The molecule has 3 rings (SSSR count). The first-order valence-corrected chi connectivity index (χ1v) is 7.58. The van der Waals surface area contributed by atoms with Crippen LogP contribution >= 0.6 is 11.3 Å². The van der Waals surface area contributed by atoms with E-state index in [2.05, 4.69) is 9.97 Å². The van der Waals surface area contributed by atoms with Crippen LogP contribution < -0.4 is 10.6 Å². The summed E-state index contributed by atoms with van der Waals surface area (Å²) in [4.78, 5) is 11.2. The fourth-order valence-electron chi connectivity index (χ4n) is 2.92. The van der Waals surface area contributed by atoms with Crippen LogP contribution in [-0.4, -0.2) is 35.8 Å². The van der Waals surface area contributed by atoms with Gasteiger partial charge in [0.15, 0.2) is 0 Å². The summed E-state index contributed by atoms with van der Waals surface area (Å²) in [6.45, 7) is 0.643. The Bertz CT molecular complexity index is 627. The van der Waals surface area contributed by atoms with Gasteiger partial charge in [0.25, 0.3) is 0 Å². The molecular weight excluding hydrogens is 301 g/mol. The van der Waals surface area contributed by atoms with Crippen molar-refractivity contribution in [3.63, 3.8) is 0 Å². The SMILES string of the molecule is NCC1CN(c2ncnc3sccc23)CCC1C(F)(F)F. The van der Waals surface area contributed by atoms with Crippen LogP contribution in [0.3, 0.4) is 0 Å². The molecule has 0 amide bonds. The number of aromatic nitrogens is 2. The number of fused-ring (bicyclic) bond motifs is 1. The first-order chi connectivity index (χ1) is 10.0. The van der Waals surface area contributed by atoms with Gasteiger partial charge in [0.2, 0.25) is 0 Å². The maximum Gasteiger partial charge on any atom is 0.392 e. The third-order valence-corrected chi connectivity index (χ3v) is 4.82. The molecule has 1 aliphatic rings. The fourth-order valence-corrected chi connectivity index (χ4v) is 3.65. The van der Waals surface area contributed by atoms with E-state index < -0.39 is 18.0 Å². The van der Waals surface area contributed by atoms with Crippen LogP contribution in [0.2, 0.25) is 0 Å². The van der Waals surface area contributed by atoms with Crippen molar-refractivity contribution < 1.29 is 13.2 Å². The molecule has 2 aromatic heterocycles. The van der Waals surface area contributed by atoms with Crippen molar-refractivity contribution in [1.82, 2.24) is 9.97 Å². The van der Waals surface area contributed by atoms with Crippen molar-refractivity contribution in [2.75, 3.05) is 24.5 Å². The minimum atomic E-state index is -4.18. The summed E-state index contributed by atoms with van der Waals surface area (Å²) in [5.74, 6) is -1.21. The molecule has 2 aromatic rings. The molecule has 0 aromatic carbocycles. The number of halogens is 3. The van der Waals surface area contributed by atoms with Crippen LogP contribution in [0.25, 0.3) is 10.2 Å². The smallest absolute Gasteiger partial charge is 0.356 e. The number of hydrogen-bond donors (Lipinski definition) is 1. The van der Waals surface area contributed by atoms with E-state index in [1.54, 1.807) is 0 Å². The maximum absolute atomic E-state index is 13.0. The Labute approximate surface area is 123 Å². The van der Waals surface area contributed by atoms with Crippen molar-refractivity contribution in [1.29, 1.82) is 0 Å². The van der Waals surface area contributed by atoms with Crippen molar-refractivity contribution in [3.05, 3.63) is 17.8 Å². The second-order valence-corrected chi connectivity index (χ2v) is 6.11. The van der Waals surface area contributed by atoms with Gasteiger partial charge in [0.05, 0.1) is 11.3 Å². The number of anilines is 1. The predicted octanol–water partition coefficient (Wildman–Crippen LogP) is 2.65. The highest BCUT2D eigenvalue weighted by Gasteiger charge is 2.46. The summed E-state index contributed by atoms with van der Waals surface area (Å²) < 4.78 is 39.0. The molecule has 21 heavy (non-hydrogen) atoms. The lowest BCUT2D eigenvalue weighted by molar-refractivity contribution is -0.191. The number of alkyl halides is 3. The summed E-state index contributed by atoms with van der Waals surface area (Å²) in [6.07, 6.45) is -2.66. The molecule has 2 N–H and O–H groups in total. The van der Waals surface area contributed by atoms with Gasteiger partial charge in [-0.05, 0) is 24.4 Å². The first-order valence-electron chi connectivity index (χ1n) is 6.70. The Kier molecular flexibility index (Phi) is 3.75. The Hall–Kier alpha value is -1.41. The number of rotatable bonds is 2. The van der Waals surface area contributed by atoms with Crippen molar-refractivity contribution in [2.45, 2.75) is 12.6 Å². The summed E-state index contributed by atoms with van der Waals surface area (Å²) in [6, 6.07) is 1.91. The average Bonchev–Trinajstić information content (AvgIpc) is 2.93. The number of nitrogens with zero attached hydrogens (tertiary/aromatic N) is 3. The average molecular weight is 316 g/mol. The van der Waals surface area contributed by atoms with Gasteiger partial charge in [-0.3, -0.25) is 0 Å². The molecule has 1 saturated heterocycles. The van der Waals surface area contributed by atoms with E-state index in [9.17, 15) is 13.2 Å². The van der Waals surface area contributed by atoms with E-state index >= 15 is 0 Å². The molecule has 8 heteroatoms. The number of nitrogens with two attached hydrogens (primary N) is 1. The van der Waals surface area contributed by atoms with Gasteiger partial charge in [-0.2, -0.15) is 13.2 Å². The van der Waals surface area contributed by atoms with Crippen molar-refractivity contribution >= 4 is 27.4 Å². The first kappa shape index (κ1) is 14.5. The Morgan fingerprint density at radius 3 is 2.90 bits per heavy atom. The minimum absolute atomic E-state index is 0.0263. The summed E-state index contributed by atoms with van der Waals surface area (Å²) >= 11 is 1.49. The van der Waals surface area contributed by atoms with Crippen LogP contribution in [0.5, 0.6) is 0 Å². The third-order valence-electron chi connectivity index (χ3n) is 4.00. The highest BCUT2D eigenvalue weighted by atomic mass is 32.1. The molecule has 1 fully saturated rings. The third kappa shape index (κ3) is 2.69. The van der Waals surface area contributed by atoms with Gasteiger partial charge in [0, 0.05) is 19.0 Å². The Morgan fingerprint density at radius 1 is 1.38 bits per heavy atom. The molecule has 0 bridgehead atoms. The van der Waals surface area contributed by atoms with E-state index in [0.29, 0.717) is 12.4 Å². The topological polar surface area (TPSA) is 55.0 Å². The van der Waals surface area contributed by atoms with Gasteiger partial charge in [-0.1, -0.05) is 0 Å². The highest BCUT2D eigenvalue weighted by molar-refractivity contribution is 7.16. The second-order valence-electron chi connectivity index (χ2n) is 5.22. The van der Waals surface area contributed by atoms with E-state index in [1.165, 1.54) is 17.7 Å². The molecule has 114 valence electrons. The molecule has 2 unspecified atom stereocenters. The lowest BCUT2D eigenvalue weighted by Gasteiger charge is -2.39. The quantitative estimate of drug-likeness (QED) is 0.925. The molecule has 0 aliphatic carbocycles. The van der Waals surface area contributed by atoms with Gasteiger partial charge in [-0.25, -0.2) is 9.97 Å². The molecule has 4 nitrogen and oxygen atoms in total. The minimum Gasteiger partial charge on any atom is -0.356 e. The van der Waals surface area contributed by atoms with Gasteiger partial charge in [0.1, 0.15) is 17.0 Å². The standard InChI is InChI=1S/C13H15F3N4S/c14-13(15,16)10-1-3-20(6-8(10)5-17)11-9-2-4-21-12(9)19-7-18-11/h2,4,7-8,10H,1,3,5-6,17H2. The predicted molar refractivity (Wildman–Crippen MR) is 76.3 cm³/mol. The highest BCUT2D eigenvalue weighted by Crippen LogP contribution is 2.39. The molecular formula is C13H15F3N4S. The molecule has 2 atom stereocenters. The molecule has 3 heterocycles. The number of thiophene rings is 1. The van der Waals surface area contributed by atoms with E-state index in [-0.39, 0.29) is 19.5 Å². The zero-order valence-corrected chi connectivity index (χ0v) is 12.0. The van der Waals surface area contributed by atoms with Crippen LogP contribution in [0.1, 0.15) is 6.42 Å². The summed E-state index contributed by atoms with van der Waals surface area (Å²) in [5.41, 5.74) is 5.57. The van der Waals surface area contributed by atoms with Crippen molar-refractivity contribution in [3.8, 4) is 0 Å². The number of piperidine rings is 1. The fraction of sp³-hybridized carbons (Fsp3) is 0.538. The van der Waals surface area contributed by atoms with Gasteiger partial charge < -0.3 is 10.6 Å². The van der Waals surface area contributed by atoms with E-state index in [0.717, 1.165) is 10.2 Å². The zero-order valence-electron chi connectivity index (χ0n) is 11.2. The van der Waals surface area contributed by atoms with Crippen LogP contribution in [0.4, 0.5) is 19.0 Å². The summed E-state index contributed by atoms with van der Waals surface area (Å²) in [7, 11) is 0. The Morgan fingerprint density at radius 2 is 2.19 bits per heavy atom. The molecule has 0 spiro atoms. The van der Waals surface area contributed by atoms with Gasteiger partial charge in [-0.15, -0.1) is 11.3 Å². The van der Waals surface area contributed by atoms with Crippen LogP contribution in [0, 0.1) is 11.8 Å². The lowest BCUT2D eigenvalue weighted by Crippen LogP contribution is -2.48. The zero-order chi connectivity index (χ0) is 15.0. The normalized spacial score (nSPS) is 23.7. The van der Waals surface area contributed by atoms with Crippen LogP contribution in [-0.2, 0) is 0 Å². The number of hydrogen-bond acceptors (Lipinski definition) is 5. The van der Waals surface area contributed by atoms with Gasteiger partial charge >= 0.3 is 6.18 Å². The largest absolute Gasteiger partial charge is 0.392 e. The Balaban J connectivity index is 1.87. The van der Waals surface area contributed by atoms with Crippen molar-refractivity contribution in [2.24, 2.45) is 17.6 Å². The van der Waals surface area contributed by atoms with E-state index in [1.807, 2.05) is 16.3 Å². The maximum atomic E-state index is 13.0. The van der Waals surface area contributed by atoms with Crippen LogP contribution in [0.15, 0.2) is 17.8 Å². The second kappa shape index (κ2) is 5.42. The monoisotopic (exact) mass is 316 g/mol. The lowest BCUT2D eigenvalue weighted by atomic mass is 9.85. The summed E-state index contributed by atoms with van der Waals surface area (Å²) in [5, 5.41) is 2.80. The molecule has 1 aliphatic heterocycles. The van der Waals surface area contributed by atoms with E-state index in [4.69, 9.17) is 5.73 Å². The molecule has 0 saturated carbocycles. The molecule has 0 radical (unpaired) electrons.